The Kier molecular flexibility index (Phi) is 5.42. The Morgan fingerprint density at radius 2 is 1.79 bits per heavy atom. The standard InChI is InChI=1S/C23H21N3O3/c1-25(15-18-14-24-26(16-18)20-8-4-2-5-9-20)23(27)22-19(12-13-28-22)17-29-21-10-6-3-7-11-21/h2-14,16H,15,17H2,1H3. The maximum Gasteiger partial charge on any atom is 0.290 e. The smallest absolute Gasteiger partial charge is 0.290 e. The molecule has 0 aliphatic rings. The molecule has 6 heteroatoms. The van der Waals surface area contributed by atoms with Gasteiger partial charge in [-0.25, -0.2) is 4.68 Å². The van der Waals surface area contributed by atoms with Crippen molar-refractivity contribution in [2.24, 2.45) is 0 Å². The lowest BCUT2D eigenvalue weighted by atomic mass is 10.2. The zero-order valence-corrected chi connectivity index (χ0v) is 16.1. The molecule has 0 unspecified atom stereocenters. The molecule has 0 bridgehead atoms. The third kappa shape index (κ3) is 4.38. The fourth-order valence-corrected chi connectivity index (χ4v) is 3.00. The summed E-state index contributed by atoms with van der Waals surface area (Å²) in [6.45, 7) is 0.687. The van der Waals surface area contributed by atoms with Gasteiger partial charge in [0, 0.05) is 30.9 Å². The zero-order valence-electron chi connectivity index (χ0n) is 16.1. The molecule has 0 N–H and O–H groups in total. The molecule has 0 aliphatic carbocycles. The van der Waals surface area contributed by atoms with Crippen molar-refractivity contribution in [3.05, 3.63) is 102 Å². The van der Waals surface area contributed by atoms with Crippen LogP contribution in [0, 0.1) is 0 Å². The highest BCUT2D eigenvalue weighted by Gasteiger charge is 2.20. The molecule has 4 rings (SSSR count). The normalized spacial score (nSPS) is 10.7. The van der Waals surface area contributed by atoms with Crippen LogP contribution in [0.15, 0.2) is 89.8 Å². The van der Waals surface area contributed by atoms with E-state index in [9.17, 15) is 4.79 Å². The highest BCUT2D eigenvalue weighted by molar-refractivity contribution is 5.92. The summed E-state index contributed by atoms with van der Waals surface area (Å²) in [6.07, 6.45) is 5.19. The predicted octanol–water partition coefficient (Wildman–Crippen LogP) is 4.32. The van der Waals surface area contributed by atoms with Crippen LogP contribution in [0.25, 0.3) is 5.69 Å². The topological polar surface area (TPSA) is 60.5 Å². The largest absolute Gasteiger partial charge is 0.489 e. The molecule has 29 heavy (non-hydrogen) atoms. The van der Waals surface area contributed by atoms with Crippen LogP contribution in [0.2, 0.25) is 0 Å². The zero-order chi connectivity index (χ0) is 20.1. The van der Waals surface area contributed by atoms with Gasteiger partial charge in [0.1, 0.15) is 12.4 Å². The van der Waals surface area contributed by atoms with Crippen LogP contribution < -0.4 is 4.74 Å². The number of aromatic nitrogens is 2. The predicted molar refractivity (Wildman–Crippen MR) is 109 cm³/mol. The average Bonchev–Trinajstić information content (AvgIpc) is 3.42. The number of carbonyl (C=O) groups excluding carboxylic acids is 1. The first-order chi connectivity index (χ1) is 14.2. The highest BCUT2D eigenvalue weighted by Crippen LogP contribution is 2.18. The van der Waals surface area contributed by atoms with Crippen LogP contribution in [-0.2, 0) is 13.2 Å². The van der Waals surface area contributed by atoms with E-state index < -0.39 is 0 Å². The van der Waals surface area contributed by atoms with E-state index in [2.05, 4.69) is 5.10 Å². The second-order valence-corrected chi connectivity index (χ2v) is 6.67. The van der Waals surface area contributed by atoms with E-state index in [0.717, 1.165) is 17.0 Å². The fourth-order valence-electron chi connectivity index (χ4n) is 3.00. The van der Waals surface area contributed by atoms with Gasteiger partial charge in [-0.05, 0) is 30.3 Å². The number of benzene rings is 2. The van der Waals surface area contributed by atoms with E-state index in [4.69, 9.17) is 9.15 Å². The van der Waals surface area contributed by atoms with E-state index in [1.165, 1.54) is 6.26 Å². The van der Waals surface area contributed by atoms with Gasteiger partial charge in [-0.15, -0.1) is 0 Å². The molecule has 0 spiro atoms. The molecule has 2 aromatic carbocycles. The van der Waals surface area contributed by atoms with Gasteiger partial charge in [0.2, 0.25) is 0 Å². The van der Waals surface area contributed by atoms with Crippen LogP contribution in [0.5, 0.6) is 5.75 Å². The van der Waals surface area contributed by atoms with Crippen molar-refractivity contribution in [3.63, 3.8) is 0 Å². The Morgan fingerprint density at radius 3 is 2.55 bits per heavy atom. The molecule has 0 aliphatic heterocycles. The number of hydrogen-bond donors (Lipinski definition) is 0. The van der Waals surface area contributed by atoms with E-state index >= 15 is 0 Å². The number of rotatable bonds is 7. The van der Waals surface area contributed by atoms with Crippen molar-refractivity contribution < 1.29 is 13.9 Å². The lowest BCUT2D eigenvalue weighted by molar-refractivity contribution is 0.0749. The van der Waals surface area contributed by atoms with Crippen LogP contribution >= 0.6 is 0 Å². The van der Waals surface area contributed by atoms with Crippen molar-refractivity contribution in [2.75, 3.05) is 7.05 Å². The van der Waals surface area contributed by atoms with Crippen LogP contribution in [0.4, 0.5) is 0 Å². The lowest BCUT2D eigenvalue weighted by Gasteiger charge is -2.15. The van der Waals surface area contributed by atoms with Crippen molar-refractivity contribution in [3.8, 4) is 11.4 Å². The summed E-state index contributed by atoms with van der Waals surface area (Å²) in [5.41, 5.74) is 2.61. The molecule has 1 amide bonds. The van der Waals surface area contributed by atoms with Crippen LogP contribution in [0.1, 0.15) is 21.7 Å². The Labute approximate surface area is 168 Å². The van der Waals surface area contributed by atoms with Gasteiger partial charge in [-0.3, -0.25) is 4.79 Å². The van der Waals surface area contributed by atoms with Gasteiger partial charge in [0.25, 0.3) is 5.91 Å². The summed E-state index contributed by atoms with van der Waals surface area (Å²) in [6, 6.07) is 21.1. The third-order valence-electron chi connectivity index (χ3n) is 4.50. The Hall–Kier alpha value is -3.80. The minimum absolute atomic E-state index is 0.200. The number of ether oxygens (including phenoxy) is 1. The van der Waals surface area contributed by atoms with E-state index in [1.807, 2.05) is 66.9 Å². The molecule has 0 fully saturated rings. The molecule has 6 nitrogen and oxygen atoms in total. The lowest BCUT2D eigenvalue weighted by Crippen LogP contribution is -2.26. The molecule has 2 heterocycles. The highest BCUT2D eigenvalue weighted by atomic mass is 16.5. The minimum Gasteiger partial charge on any atom is -0.489 e. The second-order valence-electron chi connectivity index (χ2n) is 6.67. The summed E-state index contributed by atoms with van der Waals surface area (Å²) < 4.78 is 13.0. The molecule has 2 aromatic heterocycles. The Balaban J connectivity index is 1.41. The van der Waals surface area contributed by atoms with Gasteiger partial charge >= 0.3 is 0 Å². The van der Waals surface area contributed by atoms with Crippen LogP contribution in [0.3, 0.4) is 0 Å². The summed E-state index contributed by atoms with van der Waals surface area (Å²) in [5, 5.41) is 4.38. The SMILES string of the molecule is CN(Cc1cnn(-c2ccccc2)c1)C(=O)c1occc1COc1ccccc1. The summed E-state index contributed by atoms with van der Waals surface area (Å²) in [7, 11) is 1.74. The molecular formula is C23H21N3O3. The van der Waals surface area contributed by atoms with Crippen molar-refractivity contribution in [1.29, 1.82) is 0 Å². The van der Waals surface area contributed by atoms with Gasteiger partial charge < -0.3 is 14.1 Å². The van der Waals surface area contributed by atoms with Crippen LogP contribution in [-0.4, -0.2) is 27.6 Å². The Bertz CT molecular complexity index is 1070. The van der Waals surface area contributed by atoms with Crippen molar-refractivity contribution in [2.45, 2.75) is 13.2 Å². The van der Waals surface area contributed by atoms with Gasteiger partial charge in [-0.2, -0.15) is 5.10 Å². The molecular weight excluding hydrogens is 366 g/mol. The number of hydrogen-bond acceptors (Lipinski definition) is 4. The van der Waals surface area contributed by atoms with E-state index in [0.29, 0.717) is 17.9 Å². The first kappa shape index (κ1) is 18.6. The number of furan rings is 1. The maximum absolute atomic E-state index is 12.9. The Morgan fingerprint density at radius 1 is 1.07 bits per heavy atom. The molecule has 0 saturated heterocycles. The van der Waals surface area contributed by atoms with Gasteiger partial charge in [0.05, 0.1) is 18.1 Å². The summed E-state index contributed by atoms with van der Waals surface area (Å²) >= 11 is 0. The first-order valence-electron chi connectivity index (χ1n) is 9.29. The van der Waals surface area contributed by atoms with Crippen molar-refractivity contribution in [1.82, 2.24) is 14.7 Å². The summed E-state index contributed by atoms with van der Waals surface area (Å²) in [5.74, 6) is 0.835. The van der Waals surface area contributed by atoms with E-state index in [1.54, 1.807) is 28.9 Å². The third-order valence-corrected chi connectivity index (χ3v) is 4.50. The number of para-hydroxylation sites is 2. The average molecular weight is 387 g/mol. The summed E-state index contributed by atoms with van der Waals surface area (Å²) in [4.78, 5) is 14.5. The quantitative estimate of drug-likeness (QED) is 0.474. The minimum atomic E-state index is -0.200. The molecule has 146 valence electrons. The maximum atomic E-state index is 12.9. The molecule has 4 aromatic rings. The number of carbonyl (C=O) groups is 1. The molecule has 0 saturated carbocycles. The molecule has 0 radical (unpaired) electrons. The monoisotopic (exact) mass is 387 g/mol. The number of amides is 1. The first-order valence-corrected chi connectivity index (χ1v) is 9.29. The fraction of sp³-hybridized carbons (Fsp3) is 0.130. The van der Waals surface area contributed by atoms with Crippen molar-refractivity contribution >= 4 is 5.91 Å². The van der Waals surface area contributed by atoms with Gasteiger partial charge in [-0.1, -0.05) is 36.4 Å². The van der Waals surface area contributed by atoms with E-state index in [-0.39, 0.29) is 12.5 Å². The molecule has 0 atom stereocenters. The number of nitrogens with zero attached hydrogens (tertiary/aromatic N) is 3. The van der Waals surface area contributed by atoms with Gasteiger partial charge in [0.15, 0.2) is 5.76 Å². The second kappa shape index (κ2) is 8.48.